The zero-order chi connectivity index (χ0) is 22.3. The van der Waals surface area contributed by atoms with Gasteiger partial charge in [-0.1, -0.05) is 36.0 Å². The fraction of sp³-hybridized carbons (Fsp3) is 0.0800. The molecule has 32 heavy (non-hydrogen) atoms. The highest BCUT2D eigenvalue weighted by Gasteiger charge is 2.13. The van der Waals surface area contributed by atoms with Gasteiger partial charge in [0.1, 0.15) is 5.75 Å². The summed E-state index contributed by atoms with van der Waals surface area (Å²) in [6.45, 7) is -0.142. The number of pyridine rings is 1. The van der Waals surface area contributed by atoms with Crippen molar-refractivity contribution in [2.45, 2.75) is 9.79 Å². The Bertz CT molecular complexity index is 1250. The smallest absolute Gasteiger partial charge is 0.252 e. The maximum absolute atomic E-state index is 12.6. The Morgan fingerprint density at radius 1 is 0.969 bits per heavy atom. The van der Waals surface area contributed by atoms with Crippen LogP contribution in [0, 0.1) is 0 Å². The summed E-state index contributed by atoms with van der Waals surface area (Å²) in [7, 11) is 1.63. The SMILES string of the molecule is COc1ccc(Sc2ccccc2NC(=O)CNC(=O)c2cccc3ccncc23)cc1. The van der Waals surface area contributed by atoms with Crippen molar-refractivity contribution in [2.75, 3.05) is 19.0 Å². The van der Waals surface area contributed by atoms with E-state index in [2.05, 4.69) is 15.6 Å². The molecule has 1 heterocycles. The van der Waals surface area contributed by atoms with E-state index in [4.69, 9.17) is 4.74 Å². The van der Waals surface area contributed by atoms with Crippen molar-refractivity contribution in [3.05, 3.63) is 90.8 Å². The minimum atomic E-state index is -0.320. The second kappa shape index (κ2) is 9.98. The van der Waals surface area contributed by atoms with Crippen LogP contribution in [0.5, 0.6) is 5.75 Å². The minimum absolute atomic E-state index is 0.142. The molecule has 2 N–H and O–H groups in total. The van der Waals surface area contributed by atoms with Gasteiger partial charge in [-0.3, -0.25) is 14.6 Å². The molecule has 6 nitrogen and oxygen atoms in total. The van der Waals surface area contributed by atoms with Gasteiger partial charge in [-0.15, -0.1) is 0 Å². The van der Waals surface area contributed by atoms with Crippen LogP contribution in [0.1, 0.15) is 10.4 Å². The number of rotatable bonds is 7. The van der Waals surface area contributed by atoms with E-state index in [1.807, 2.05) is 66.7 Å². The number of hydrogen-bond donors (Lipinski definition) is 2. The van der Waals surface area contributed by atoms with Gasteiger partial charge in [0.05, 0.1) is 19.3 Å². The number of anilines is 1. The van der Waals surface area contributed by atoms with E-state index < -0.39 is 0 Å². The number of aromatic nitrogens is 1. The Morgan fingerprint density at radius 2 is 1.78 bits per heavy atom. The summed E-state index contributed by atoms with van der Waals surface area (Å²) < 4.78 is 5.19. The van der Waals surface area contributed by atoms with Crippen molar-refractivity contribution < 1.29 is 14.3 Å². The molecule has 0 saturated carbocycles. The van der Waals surface area contributed by atoms with Gasteiger partial charge in [0.2, 0.25) is 5.91 Å². The Kier molecular flexibility index (Phi) is 6.67. The zero-order valence-electron chi connectivity index (χ0n) is 17.4. The van der Waals surface area contributed by atoms with Gasteiger partial charge in [-0.2, -0.15) is 0 Å². The number of amides is 2. The lowest BCUT2D eigenvalue weighted by molar-refractivity contribution is -0.115. The van der Waals surface area contributed by atoms with Crippen LogP contribution in [0.2, 0.25) is 0 Å². The molecule has 1 aromatic heterocycles. The quantitative estimate of drug-likeness (QED) is 0.430. The third-order valence-corrected chi connectivity index (χ3v) is 5.87. The number of nitrogens with one attached hydrogen (secondary N) is 2. The first-order chi connectivity index (χ1) is 15.6. The molecule has 4 rings (SSSR count). The second-order valence-corrected chi connectivity index (χ2v) is 8.02. The minimum Gasteiger partial charge on any atom is -0.497 e. The first-order valence-electron chi connectivity index (χ1n) is 9.96. The summed E-state index contributed by atoms with van der Waals surface area (Å²) in [6.07, 6.45) is 3.33. The summed E-state index contributed by atoms with van der Waals surface area (Å²) >= 11 is 1.53. The molecule has 3 aromatic carbocycles. The van der Waals surface area contributed by atoms with Crippen LogP contribution in [0.25, 0.3) is 10.8 Å². The van der Waals surface area contributed by atoms with Gasteiger partial charge in [0.25, 0.3) is 5.91 Å². The average Bonchev–Trinajstić information content (AvgIpc) is 2.84. The highest BCUT2D eigenvalue weighted by atomic mass is 32.2. The first-order valence-corrected chi connectivity index (χ1v) is 10.8. The van der Waals surface area contributed by atoms with Gasteiger partial charge >= 0.3 is 0 Å². The molecule has 7 heteroatoms. The van der Waals surface area contributed by atoms with E-state index in [0.717, 1.165) is 26.3 Å². The van der Waals surface area contributed by atoms with Crippen LogP contribution < -0.4 is 15.4 Å². The molecule has 0 aliphatic heterocycles. The molecule has 0 unspecified atom stereocenters. The Hall–Kier alpha value is -3.84. The lowest BCUT2D eigenvalue weighted by Crippen LogP contribution is -2.33. The van der Waals surface area contributed by atoms with Gasteiger partial charge in [0.15, 0.2) is 0 Å². The molecule has 0 fully saturated rings. The summed E-state index contributed by atoms with van der Waals surface area (Å²) in [5.41, 5.74) is 1.17. The maximum Gasteiger partial charge on any atom is 0.252 e. The number of carbonyl (C=O) groups excluding carboxylic acids is 2. The number of carbonyl (C=O) groups is 2. The van der Waals surface area contributed by atoms with Crippen LogP contribution in [0.4, 0.5) is 5.69 Å². The normalized spacial score (nSPS) is 10.5. The Morgan fingerprint density at radius 3 is 2.59 bits per heavy atom. The van der Waals surface area contributed by atoms with E-state index in [1.54, 1.807) is 25.6 Å². The second-order valence-electron chi connectivity index (χ2n) is 6.91. The first kappa shape index (κ1) is 21.4. The van der Waals surface area contributed by atoms with E-state index >= 15 is 0 Å². The fourth-order valence-electron chi connectivity index (χ4n) is 3.19. The molecule has 2 amide bonds. The predicted octanol–water partition coefficient (Wildman–Crippen LogP) is 4.76. The van der Waals surface area contributed by atoms with Crippen molar-refractivity contribution in [1.29, 1.82) is 0 Å². The van der Waals surface area contributed by atoms with E-state index in [0.29, 0.717) is 11.3 Å². The molecule has 0 saturated heterocycles. The van der Waals surface area contributed by atoms with Crippen LogP contribution in [-0.2, 0) is 4.79 Å². The van der Waals surface area contributed by atoms with E-state index in [9.17, 15) is 9.59 Å². The lowest BCUT2D eigenvalue weighted by Gasteiger charge is -2.12. The van der Waals surface area contributed by atoms with E-state index in [-0.39, 0.29) is 18.4 Å². The zero-order valence-corrected chi connectivity index (χ0v) is 18.2. The number of methoxy groups -OCH3 is 1. The number of benzene rings is 3. The standard InChI is InChI=1S/C25H21N3O3S/c1-31-18-9-11-19(12-10-18)32-23-8-3-2-7-22(23)28-24(29)16-27-25(30)20-6-4-5-17-13-14-26-15-21(17)20/h2-15H,16H2,1H3,(H,27,30)(H,28,29). The number of ether oxygens (including phenoxy) is 1. The molecular weight excluding hydrogens is 422 g/mol. The molecule has 0 spiro atoms. The van der Waals surface area contributed by atoms with Crippen LogP contribution in [-0.4, -0.2) is 30.5 Å². The maximum atomic E-state index is 12.6. The summed E-state index contributed by atoms with van der Waals surface area (Å²) in [4.78, 5) is 31.2. The Labute approximate surface area is 190 Å². The Balaban J connectivity index is 1.40. The number of fused-ring (bicyclic) bond motifs is 1. The largest absolute Gasteiger partial charge is 0.497 e. The highest BCUT2D eigenvalue weighted by molar-refractivity contribution is 7.99. The molecule has 4 aromatic rings. The average molecular weight is 444 g/mol. The van der Waals surface area contributed by atoms with Gasteiger partial charge < -0.3 is 15.4 Å². The highest BCUT2D eigenvalue weighted by Crippen LogP contribution is 2.34. The van der Waals surface area contributed by atoms with Gasteiger partial charge in [0, 0.05) is 33.1 Å². The number of para-hydroxylation sites is 1. The third-order valence-electron chi connectivity index (χ3n) is 4.79. The molecule has 0 radical (unpaired) electrons. The summed E-state index contributed by atoms with van der Waals surface area (Å²) in [6, 6.07) is 22.5. The summed E-state index contributed by atoms with van der Waals surface area (Å²) in [5.74, 6) is 0.160. The fourth-order valence-corrected chi connectivity index (χ4v) is 4.09. The molecule has 0 aliphatic rings. The van der Waals surface area contributed by atoms with Crippen molar-refractivity contribution in [3.8, 4) is 5.75 Å². The molecular formula is C25H21N3O3S. The molecule has 160 valence electrons. The van der Waals surface area contributed by atoms with Crippen LogP contribution in [0.3, 0.4) is 0 Å². The van der Waals surface area contributed by atoms with Crippen LogP contribution >= 0.6 is 11.8 Å². The van der Waals surface area contributed by atoms with Crippen LogP contribution in [0.15, 0.2) is 95.0 Å². The van der Waals surface area contributed by atoms with Crippen molar-refractivity contribution in [1.82, 2.24) is 10.3 Å². The molecule has 0 bridgehead atoms. The van der Waals surface area contributed by atoms with Crippen molar-refractivity contribution in [2.24, 2.45) is 0 Å². The van der Waals surface area contributed by atoms with Crippen molar-refractivity contribution >= 4 is 40.0 Å². The van der Waals surface area contributed by atoms with E-state index in [1.165, 1.54) is 11.8 Å². The number of hydrogen-bond acceptors (Lipinski definition) is 5. The molecule has 0 aliphatic carbocycles. The van der Waals surface area contributed by atoms with Gasteiger partial charge in [-0.05, 0) is 53.9 Å². The lowest BCUT2D eigenvalue weighted by atomic mass is 10.1. The topological polar surface area (TPSA) is 80.3 Å². The number of nitrogens with zero attached hydrogens (tertiary/aromatic N) is 1. The summed E-state index contributed by atoms with van der Waals surface area (Å²) in [5, 5.41) is 7.24. The monoisotopic (exact) mass is 443 g/mol. The predicted molar refractivity (Wildman–Crippen MR) is 126 cm³/mol. The molecule has 0 atom stereocenters. The third kappa shape index (κ3) is 5.07. The van der Waals surface area contributed by atoms with Crippen molar-refractivity contribution in [3.63, 3.8) is 0 Å². The van der Waals surface area contributed by atoms with Gasteiger partial charge in [-0.25, -0.2) is 0 Å².